The highest BCUT2D eigenvalue weighted by molar-refractivity contribution is 4.94. The van der Waals surface area contributed by atoms with Gasteiger partial charge in [0.25, 0.3) is 0 Å². The largest absolute Gasteiger partial charge is 0.326 e. The molecular weight excluding hydrogens is 222 g/mol. The fourth-order valence-corrected chi connectivity index (χ4v) is 4.08. The predicted octanol–water partition coefficient (Wildman–Crippen LogP) is 1.77. The molecule has 0 aromatic carbocycles. The van der Waals surface area contributed by atoms with Gasteiger partial charge in [-0.2, -0.15) is 0 Å². The fourth-order valence-electron chi connectivity index (χ4n) is 4.08. The Bertz CT molecular complexity index is 246. The van der Waals surface area contributed by atoms with E-state index < -0.39 is 0 Å². The molecule has 2 rings (SSSR count). The molecule has 3 nitrogen and oxygen atoms in total. The van der Waals surface area contributed by atoms with Crippen LogP contribution >= 0.6 is 0 Å². The Morgan fingerprint density at radius 3 is 2.11 bits per heavy atom. The molecule has 18 heavy (non-hydrogen) atoms. The summed E-state index contributed by atoms with van der Waals surface area (Å²) >= 11 is 0. The van der Waals surface area contributed by atoms with Crippen molar-refractivity contribution in [2.24, 2.45) is 17.6 Å². The summed E-state index contributed by atoms with van der Waals surface area (Å²) < 4.78 is 0. The van der Waals surface area contributed by atoms with Gasteiger partial charge in [-0.3, -0.25) is 9.80 Å². The third-order valence-corrected chi connectivity index (χ3v) is 4.97. The maximum Gasteiger partial charge on any atom is 0.0274 e. The highest BCUT2D eigenvalue weighted by Crippen LogP contribution is 2.31. The van der Waals surface area contributed by atoms with E-state index in [9.17, 15) is 0 Å². The summed E-state index contributed by atoms with van der Waals surface area (Å²) in [4.78, 5) is 5.25. The molecule has 4 atom stereocenters. The zero-order valence-corrected chi connectivity index (χ0v) is 12.6. The van der Waals surface area contributed by atoms with Crippen molar-refractivity contribution in [2.75, 3.05) is 26.2 Å². The van der Waals surface area contributed by atoms with Gasteiger partial charge in [0.2, 0.25) is 0 Å². The molecule has 2 aliphatic rings. The van der Waals surface area contributed by atoms with E-state index in [0.717, 1.165) is 11.8 Å². The molecule has 1 saturated heterocycles. The first kappa shape index (κ1) is 14.3. The Kier molecular flexibility index (Phi) is 4.68. The zero-order valence-electron chi connectivity index (χ0n) is 12.6. The van der Waals surface area contributed by atoms with Crippen LogP contribution < -0.4 is 5.73 Å². The van der Waals surface area contributed by atoms with Crippen molar-refractivity contribution in [3.63, 3.8) is 0 Å². The highest BCUT2D eigenvalue weighted by Gasteiger charge is 2.36. The quantitative estimate of drug-likeness (QED) is 0.814. The Morgan fingerprint density at radius 2 is 1.61 bits per heavy atom. The van der Waals surface area contributed by atoms with E-state index in [4.69, 9.17) is 5.73 Å². The lowest BCUT2D eigenvalue weighted by molar-refractivity contribution is 0.0247. The monoisotopic (exact) mass is 253 g/mol. The van der Waals surface area contributed by atoms with Gasteiger partial charge in [-0.05, 0) is 38.5 Å². The van der Waals surface area contributed by atoms with Crippen molar-refractivity contribution in [2.45, 2.75) is 58.7 Å². The lowest BCUT2D eigenvalue weighted by Gasteiger charge is -2.48. The third-order valence-electron chi connectivity index (χ3n) is 4.97. The molecule has 0 spiro atoms. The number of piperazine rings is 1. The average Bonchev–Trinajstić information content (AvgIpc) is 2.28. The first-order valence-electron chi connectivity index (χ1n) is 7.72. The fraction of sp³-hybridized carbons (Fsp3) is 1.00. The third kappa shape index (κ3) is 3.06. The summed E-state index contributed by atoms with van der Waals surface area (Å²) in [5.41, 5.74) is 6.43. The summed E-state index contributed by atoms with van der Waals surface area (Å²) in [6.45, 7) is 14.2. The molecule has 0 amide bonds. The normalized spacial score (nSPS) is 40.3. The Balaban J connectivity index is 1.92. The second-order valence-corrected chi connectivity index (χ2v) is 6.87. The summed E-state index contributed by atoms with van der Waals surface area (Å²) in [5, 5.41) is 0. The van der Waals surface area contributed by atoms with Crippen LogP contribution in [-0.4, -0.2) is 54.1 Å². The van der Waals surface area contributed by atoms with Gasteiger partial charge < -0.3 is 5.73 Å². The van der Waals surface area contributed by atoms with Crippen LogP contribution in [0, 0.1) is 11.8 Å². The van der Waals surface area contributed by atoms with Crippen LogP contribution in [0.5, 0.6) is 0 Å². The molecule has 1 saturated carbocycles. The summed E-state index contributed by atoms with van der Waals surface area (Å²) in [7, 11) is 0. The standard InChI is InChI=1S/C15H31N3/c1-11(2)17-5-7-18(8-6-17)15-13(4)9-12(3)10-14(15)16/h11-15H,5-10,16H2,1-4H3. The van der Waals surface area contributed by atoms with Crippen molar-refractivity contribution in [1.82, 2.24) is 9.80 Å². The van der Waals surface area contributed by atoms with Gasteiger partial charge in [0.1, 0.15) is 0 Å². The summed E-state index contributed by atoms with van der Waals surface area (Å²) in [5.74, 6) is 1.57. The molecule has 0 radical (unpaired) electrons. The van der Waals surface area contributed by atoms with Crippen LogP contribution in [0.3, 0.4) is 0 Å². The van der Waals surface area contributed by atoms with E-state index in [1.165, 1.54) is 39.0 Å². The minimum absolute atomic E-state index is 0.384. The molecule has 4 unspecified atom stereocenters. The lowest BCUT2D eigenvalue weighted by atomic mass is 9.76. The number of hydrogen-bond donors (Lipinski definition) is 1. The molecule has 3 heteroatoms. The van der Waals surface area contributed by atoms with Gasteiger partial charge >= 0.3 is 0 Å². The number of hydrogen-bond acceptors (Lipinski definition) is 3. The topological polar surface area (TPSA) is 32.5 Å². The average molecular weight is 253 g/mol. The van der Waals surface area contributed by atoms with Crippen LogP contribution in [0.1, 0.15) is 40.5 Å². The second kappa shape index (κ2) is 5.89. The lowest BCUT2D eigenvalue weighted by Crippen LogP contribution is -2.60. The molecule has 2 N–H and O–H groups in total. The van der Waals surface area contributed by atoms with Gasteiger partial charge in [0.15, 0.2) is 0 Å². The van der Waals surface area contributed by atoms with E-state index >= 15 is 0 Å². The zero-order chi connectivity index (χ0) is 13.3. The first-order valence-corrected chi connectivity index (χ1v) is 7.72. The van der Waals surface area contributed by atoms with Crippen LogP contribution in [0.25, 0.3) is 0 Å². The van der Waals surface area contributed by atoms with E-state index in [1.807, 2.05) is 0 Å². The van der Waals surface area contributed by atoms with Crippen molar-refractivity contribution in [1.29, 1.82) is 0 Å². The minimum atomic E-state index is 0.384. The van der Waals surface area contributed by atoms with Crippen LogP contribution in [0.15, 0.2) is 0 Å². The van der Waals surface area contributed by atoms with Crippen molar-refractivity contribution >= 4 is 0 Å². The predicted molar refractivity (Wildman–Crippen MR) is 77.6 cm³/mol. The molecule has 0 bridgehead atoms. The van der Waals surface area contributed by atoms with Crippen molar-refractivity contribution in [3.8, 4) is 0 Å². The molecule has 1 aliphatic carbocycles. The number of rotatable bonds is 2. The minimum Gasteiger partial charge on any atom is -0.326 e. The van der Waals surface area contributed by atoms with Gasteiger partial charge in [0, 0.05) is 44.3 Å². The van der Waals surface area contributed by atoms with E-state index in [1.54, 1.807) is 0 Å². The molecular formula is C15H31N3. The van der Waals surface area contributed by atoms with Gasteiger partial charge in [0.05, 0.1) is 0 Å². The molecule has 1 aliphatic heterocycles. The SMILES string of the molecule is CC1CC(C)C(N2CCN(C(C)C)CC2)C(N)C1. The van der Waals surface area contributed by atoms with Crippen LogP contribution in [0.2, 0.25) is 0 Å². The molecule has 0 aromatic rings. The van der Waals surface area contributed by atoms with Crippen LogP contribution in [0.4, 0.5) is 0 Å². The van der Waals surface area contributed by atoms with E-state index in [0.29, 0.717) is 18.1 Å². The van der Waals surface area contributed by atoms with E-state index in [-0.39, 0.29) is 0 Å². The summed E-state index contributed by atoms with van der Waals surface area (Å²) in [6, 6.07) is 1.69. The van der Waals surface area contributed by atoms with Gasteiger partial charge in [-0.25, -0.2) is 0 Å². The highest BCUT2D eigenvalue weighted by atomic mass is 15.3. The number of nitrogens with zero attached hydrogens (tertiary/aromatic N) is 2. The maximum atomic E-state index is 6.43. The number of nitrogens with two attached hydrogens (primary N) is 1. The van der Waals surface area contributed by atoms with Gasteiger partial charge in [-0.15, -0.1) is 0 Å². The Morgan fingerprint density at radius 1 is 1.00 bits per heavy atom. The summed E-state index contributed by atoms with van der Waals surface area (Å²) in [6.07, 6.45) is 2.56. The first-order chi connectivity index (χ1) is 8.49. The van der Waals surface area contributed by atoms with Gasteiger partial charge in [-0.1, -0.05) is 13.8 Å². The molecule has 2 fully saturated rings. The second-order valence-electron chi connectivity index (χ2n) is 6.87. The Hall–Kier alpha value is -0.120. The van der Waals surface area contributed by atoms with E-state index in [2.05, 4.69) is 37.5 Å². The molecule has 0 aromatic heterocycles. The molecule has 106 valence electrons. The molecule has 1 heterocycles. The van der Waals surface area contributed by atoms with Crippen molar-refractivity contribution < 1.29 is 0 Å². The smallest absolute Gasteiger partial charge is 0.0274 e. The maximum absolute atomic E-state index is 6.43. The van der Waals surface area contributed by atoms with Crippen LogP contribution in [-0.2, 0) is 0 Å². The van der Waals surface area contributed by atoms with Crippen molar-refractivity contribution in [3.05, 3.63) is 0 Å². The Labute approximate surface area is 113 Å².